The van der Waals surface area contributed by atoms with Crippen LogP contribution in [0.4, 0.5) is 4.79 Å². The van der Waals surface area contributed by atoms with Crippen LogP contribution in [-0.4, -0.2) is 57.6 Å². The fourth-order valence-corrected chi connectivity index (χ4v) is 3.87. The topological polar surface area (TPSA) is 73.5 Å². The molecule has 34 heavy (non-hydrogen) atoms. The van der Waals surface area contributed by atoms with Gasteiger partial charge in [-0.2, -0.15) is 0 Å². The Bertz CT molecular complexity index is 793. The predicted molar refractivity (Wildman–Crippen MR) is 138 cm³/mol. The van der Waals surface area contributed by atoms with Gasteiger partial charge in [-0.15, -0.1) is 0 Å². The van der Waals surface area contributed by atoms with Crippen molar-refractivity contribution in [2.45, 2.75) is 85.5 Å². The number of hydrogen-bond donors (Lipinski definition) is 2. The number of aromatic nitrogens is 2. The van der Waals surface area contributed by atoms with Gasteiger partial charge < -0.3 is 24.8 Å². The number of H-pyrrole nitrogens is 1. The third-order valence-corrected chi connectivity index (χ3v) is 5.46. The number of nitrogens with zero attached hydrogens (tertiary/aromatic N) is 3. The molecule has 1 heterocycles. The van der Waals surface area contributed by atoms with Gasteiger partial charge in [-0.25, -0.2) is 9.78 Å². The highest BCUT2D eigenvalue weighted by molar-refractivity contribution is 5.68. The van der Waals surface area contributed by atoms with Gasteiger partial charge in [-0.1, -0.05) is 38.1 Å². The quantitative estimate of drug-likeness (QED) is 0.343. The minimum Gasteiger partial charge on any atom is -0.444 e. The van der Waals surface area contributed by atoms with Crippen molar-refractivity contribution in [1.82, 2.24) is 25.1 Å². The van der Waals surface area contributed by atoms with Crippen LogP contribution in [0.1, 0.15) is 77.3 Å². The third-order valence-electron chi connectivity index (χ3n) is 5.46. The highest BCUT2D eigenvalue weighted by Crippen LogP contribution is 2.15. The van der Waals surface area contributed by atoms with E-state index in [0.29, 0.717) is 19.6 Å². The summed E-state index contributed by atoms with van der Waals surface area (Å²) < 4.78 is 5.70. The molecule has 2 rings (SSSR count). The number of nitrogens with one attached hydrogen (secondary N) is 2. The third kappa shape index (κ3) is 11.2. The number of hydrogen-bond acceptors (Lipinski definition) is 5. The lowest BCUT2D eigenvalue weighted by molar-refractivity contribution is 0.0229. The summed E-state index contributed by atoms with van der Waals surface area (Å²) in [6.07, 6.45) is 7.76. The van der Waals surface area contributed by atoms with Crippen molar-refractivity contribution in [2.75, 3.05) is 26.2 Å². The molecule has 1 aromatic carbocycles. The van der Waals surface area contributed by atoms with E-state index in [1.807, 2.05) is 31.9 Å². The van der Waals surface area contributed by atoms with Gasteiger partial charge in [-0.3, -0.25) is 0 Å². The Balaban J connectivity index is 1.88. The molecule has 0 atom stereocenters. The fraction of sp³-hybridized carbons (Fsp3) is 0.630. The molecule has 7 heteroatoms. The second-order valence-corrected chi connectivity index (χ2v) is 9.91. The zero-order chi connectivity index (χ0) is 24.8. The molecule has 7 nitrogen and oxygen atoms in total. The molecule has 0 unspecified atom stereocenters. The van der Waals surface area contributed by atoms with Crippen LogP contribution in [0.3, 0.4) is 0 Å². The Hall–Kier alpha value is -2.38. The lowest BCUT2D eigenvalue weighted by Crippen LogP contribution is -2.37. The average Bonchev–Trinajstić information content (AvgIpc) is 3.29. The maximum atomic E-state index is 12.9. The molecule has 0 aliphatic rings. The summed E-state index contributed by atoms with van der Waals surface area (Å²) in [6, 6.07) is 8.44. The Kier molecular flexibility index (Phi) is 12.1. The molecule has 0 bridgehead atoms. The summed E-state index contributed by atoms with van der Waals surface area (Å²) in [6.45, 7) is 16.3. The van der Waals surface area contributed by atoms with E-state index in [1.54, 1.807) is 6.20 Å². The van der Waals surface area contributed by atoms with Gasteiger partial charge in [0.05, 0.1) is 6.54 Å². The van der Waals surface area contributed by atoms with E-state index in [-0.39, 0.29) is 6.09 Å². The Labute approximate surface area is 206 Å². The molecule has 1 aromatic heterocycles. The average molecular weight is 472 g/mol. The van der Waals surface area contributed by atoms with Gasteiger partial charge in [0.25, 0.3) is 0 Å². The Morgan fingerprint density at radius 1 is 0.971 bits per heavy atom. The largest absolute Gasteiger partial charge is 0.444 e. The summed E-state index contributed by atoms with van der Waals surface area (Å²) in [5.74, 6) is 0.928. The van der Waals surface area contributed by atoms with Crippen LogP contribution >= 0.6 is 0 Å². The molecule has 1 amide bonds. The van der Waals surface area contributed by atoms with Crippen LogP contribution in [0, 0.1) is 0 Å². The van der Waals surface area contributed by atoms with Gasteiger partial charge in [-0.05, 0) is 77.2 Å². The second kappa shape index (κ2) is 14.8. The first-order valence-electron chi connectivity index (χ1n) is 12.8. The second-order valence-electron chi connectivity index (χ2n) is 9.91. The van der Waals surface area contributed by atoms with Crippen molar-refractivity contribution in [3.63, 3.8) is 0 Å². The molecule has 2 aromatic rings. The van der Waals surface area contributed by atoms with Crippen molar-refractivity contribution >= 4 is 6.09 Å². The van der Waals surface area contributed by atoms with E-state index >= 15 is 0 Å². The molecule has 0 aliphatic carbocycles. The normalized spacial score (nSPS) is 11.7. The predicted octanol–water partition coefficient (Wildman–Crippen LogP) is 5.34. The smallest absolute Gasteiger partial charge is 0.410 e. The zero-order valence-electron chi connectivity index (χ0n) is 21.9. The van der Waals surface area contributed by atoms with Crippen LogP contribution in [0.2, 0.25) is 0 Å². The van der Waals surface area contributed by atoms with E-state index in [4.69, 9.17) is 4.74 Å². The van der Waals surface area contributed by atoms with Gasteiger partial charge in [0.1, 0.15) is 11.4 Å². The first kappa shape index (κ1) is 27.9. The van der Waals surface area contributed by atoms with Crippen LogP contribution < -0.4 is 5.32 Å². The number of ether oxygens (including phenoxy) is 1. The highest BCUT2D eigenvalue weighted by atomic mass is 16.6. The minimum absolute atomic E-state index is 0.240. The van der Waals surface area contributed by atoms with Crippen molar-refractivity contribution < 1.29 is 9.53 Å². The number of rotatable bonds is 15. The van der Waals surface area contributed by atoms with Crippen LogP contribution in [0.15, 0.2) is 36.7 Å². The van der Waals surface area contributed by atoms with E-state index in [2.05, 4.69) is 58.3 Å². The van der Waals surface area contributed by atoms with Crippen molar-refractivity contribution in [2.24, 2.45) is 0 Å². The lowest BCUT2D eigenvalue weighted by atomic mass is 10.1. The monoisotopic (exact) mass is 471 g/mol. The molecule has 0 aliphatic heterocycles. The van der Waals surface area contributed by atoms with E-state index < -0.39 is 5.60 Å². The number of amides is 1. The zero-order valence-corrected chi connectivity index (χ0v) is 21.9. The molecular formula is C27H45N5O2. The number of unbranched alkanes of at least 4 members (excludes halogenated alkanes) is 1. The van der Waals surface area contributed by atoms with Crippen LogP contribution in [-0.2, 0) is 24.4 Å². The van der Waals surface area contributed by atoms with Crippen LogP contribution in [0.25, 0.3) is 0 Å². The molecule has 0 saturated carbocycles. The van der Waals surface area contributed by atoms with E-state index in [1.165, 1.54) is 18.4 Å². The van der Waals surface area contributed by atoms with Crippen molar-refractivity contribution in [3.8, 4) is 0 Å². The van der Waals surface area contributed by atoms with Gasteiger partial charge >= 0.3 is 6.09 Å². The molecule has 0 saturated heterocycles. The maximum Gasteiger partial charge on any atom is 0.410 e. The standard InChI is InChI=1S/C27H45N5O2/c1-6-16-31(17-7-2)18-8-9-19-32(26(33)34-27(3,4)5)22-24-12-10-23(11-13-24)20-28-21-25-29-14-15-30-25/h10-15,28H,6-9,16-22H2,1-5H3,(H,29,30). The number of benzene rings is 1. The van der Waals surface area contributed by atoms with E-state index in [9.17, 15) is 4.79 Å². The summed E-state index contributed by atoms with van der Waals surface area (Å²) in [5.41, 5.74) is 1.81. The highest BCUT2D eigenvalue weighted by Gasteiger charge is 2.22. The Morgan fingerprint density at radius 2 is 1.62 bits per heavy atom. The summed E-state index contributed by atoms with van der Waals surface area (Å²) in [4.78, 5) is 24.6. The first-order valence-corrected chi connectivity index (χ1v) is 12.8. The molecule has 2 N–H and O–H groups in total. The van der Waals surface area contributed by atoms with E-state index in [0.717, 1.165) is 50.4 Å². The molecular weight excluding hydrogens is 426 g/mol. The number of imidazole rings is 1. The summed E-state index contributed by atoms with van der Waals surface area (Å²) in [7, 11) is 0. The first-order chi connectivity index (χ1) is 16.3. The molecule has 190 valence electrons. The summed E-state index contributed by atoms with van der Waals surface area (Å²) >= 11 is 0. The van der Waals surface area contributed by atoms with Crippen molar-refractivity contribution in [1.29, 1.82) is 0 Å². The summed E-state index contributed by atoms with van der Waals surface area (Å²) in [5, 5.41) is 3.39. The van der Waals surface area contributed by atoms with Crippen LogP contribution in [0.5, 0.6) is 0 Å². The number of carbonyl (C=O) groups excluding carboxylic acids is 1. The van der Waals surface area contributed by atoms with Crippen molar-refractivity contribution in [3.05, 3.63) is 53.6 Å². The fourth-order valence-electron chi connectivity index (χ4n) is 3.87. The maximum absolute atomic E-state index is 12.9. The van der Waals surface area contributed by atoms with Gasteiger partial charge in [0.15, 0.2) is 0 Å². The molecule has 0 spiro atoms. The molecule has 0 radical (unpaired) electrons. The Morgan fingerprint density at radius 3 is 2.21 bits per heavy atom. The van der Waals surface area contributed by atoms with Gasteiger partial charge in [0, 0.05) is 32.0 Å². The SMILES string of the molecule is CCCN(CCC)CCCCN(Cc1ccc(CNCc2ncc[nH]2)cc1)C(=O)OC(C)(C)C. The number of aromatic amines is 1. The minimum atomic E-state index is -0.502. The lowest BCUT2D eigenvalue weighted by Gasteiger charge is -2.28. The van der Waals surface area contributed by atoms with Gasteiger partial charge in [0.2, 0.25) is 0 Å². The number of carbonyl (C=O) groups is 1. The molecule has 0 fully saturated rings.